The molecule has 0 radical (unpaired) electrons. The average Bonchev–Trinajstić information content (AvgIpc) is 3.80. The fraction of sp³-hybridized carbons (Fsp3) is 0.467. The van der Waals surface area contributed by atoms with Crippen LogP contribution in [0.25, 0.3) is 0 Å². The Kier molecular flexibility index (Phi) is 11.4. The van der Waals surface area contributed by atoms with Crippen LogP contribution in [0.1, 0.15) is 56.6 Å². The average molecular weight is 629 g/mol. The van der Waals surface area contributed by atoms with Crippen molar-refractivity contribution < 1.29 is 45.5 Å². The summed E-state index contributed by atoms with van der Waals surface area (Å²) in [6.45, 7) is 1.51. The number of alkyl halides is 6. The number of fused-ring (bicyclic) bond motifs is 1. The van der Waals surface area contributed by atoms with Crippen molar-refractivity contribution >= 4 is 29.1 Å². The quantitative estimate of drug-likeness (QED) is 0.337. The number of ether oxygens (including phenoxy) is 1. The molecular weight excluding hydrogens is 594 g/mol. The van der Waals surface area contributed by atoms with Crippen LogP contribution in [0.5, 0.6) is 5.75 Å². The highest BCUT2D eigenvalue weighted by atomic mass is 19.4. The zero-order valence-corrected chi connectivity index (χ0v) is 24.2. The van der Waals surface area contributed by atoms with Gasteiger partial charge in [0.25, 0.3) is 5.91 Å². The first-order valence-electron chi connectivity index (χ1n) is 14.0. The molecule has 3 N–H and O–H groups in total. The minimum Gasteiger partial charge on any atom is -0.497 e. The highest BCUT2D eigenvalue weighted by molar-refractivity contribution is 6.20. The third-order valence-electron chi connectivity index (χ3n) is 6.98. The molecule has 2 atom stereocenters. The molecule has 8 nitrogen and oxygen atoms in total. The van der Waals surface area contributed by atoms with Crippen molar-refractivity contribution in [1.82, 2.24) is 5.32 Å². The van der Waals surface area contributed by atoms with Gasteiger partial charge in [0, 0.05) is 42.9 Å². The topological polar surface area (TPSA) is 114 Å². The normalized spacial score (nSPS) is 17.4. The summed E-state index contributed by atoms with van der Waals surface area (Å²) in [5.74, 6) is -2.74. The second-order valence-electron chi connectivity index (χ2n) is 10.5. The van der Waals surface area contributed by atoms with E-state index < -0.39 is 67.8 Å². The van der Waals surface area contributed by atoms with Gasteiger partial charge in [-0.2, -0.15) is 26.3 Å². The summed E-state index contributed by atoms with van der Waals surface area (Å²) in [6.07, 6.45) is -11.2. The van der Waals surface area contributed by atoms with Gasteiger partial charge in [0.15, 0.2) is 0 Å². The second-order valence-corrected chi connectivity index (χ2v) is 10.5. The Labute approximate surface area is 250 Å². The Bertz CT molecular complexity index is 1340. The second kappa shape index (κ2) is 14.6. The van der Waals surface area contributed by atoms with Gasteiger partial charge in [-0.25, -0.2) is 4.99 Å². The number of nitrogens with one attached hydrogen (secondary N) is 1. The van der Waals surface area contributed by atoms with Crippen molar-refractivity contribution in [3.05, 3.63) is 59.7 Å². The highest BCUT2D eigenvalue weighted by Crippen LogP contribution is 2.35. The van der Waals surface area contributed by atoms with Crippen LogP contribution < -0.4 is 20.7 Å². The molecule has 0 spiro atoms. The maximum Gasteiger partial charge on any atom is 0.389 e. The summed E-state index contributed by atoms with van der Waals surface area (Å²) in [6, 6.07) is 14.3. The van der Waals surface area contributed by atoms with Crippen LogP contribution in [-0.4, -0.2) is 55.6 Å². The number of anilines is 1. The smallest absolute Gasteiger partial charge is 0.389 e. The molecule has 2 aromatic carbocycles. The number of amides is 3. The molecule has 1 aliphatic carbocycles. The number of rotatable bonds is 10. The zero-order chi connectivity index (χ0) is 32.7. The van der Waals surface area contributed by atoms with E-state index in [0.29, 0.717) is 40.7 Å². The SMILES string of the molecule is CCC(F)(F)F.COc1ccc(C2=NC(NC(=O)C(CCC(F)(F)F)CC(N)=O)C(=O)N(CC3CC3)c3ccccc32)cc1. The van der Waals surface area contributed by atoms with Gasteiger partial charge in [-0.3, -0.25) is 14.4 Å². The van der Waals surface area contributed by atoms with Gasteiger partial charge in [0.1, 0.15) is 5.75 Å². The lowest BCUT2D eigenvalue weighted by molar-refractivity contribution is -0.143. The monoisotopic (exact) mass is 628 g/mol. The summed E-state index contributed by atoms with van der Waals surface area (Å²) >= 11 is 0. The van der Waals surface area contributed by atoms with Crippen molar-refractivity contribution in [3.8, 4) is 5.75 Å². The number of carbonyl (C=O) groups is 3. The summed E-state index contributed by atoms with van der Waals surface area (Å²) in [7, 11) is 1.54. The predicted octanol–water partition coefficient (Wildman–Crippen LogP) is 5.52. The molecule has 0 aromatic heterocycles. The molecule has 2 aliphatic rings. The molecule has 2 aromatic rings. The number of methoxy groups -OCH3 is 1. The van der Waals surface area contributed by atoms with Crippen LogP contribution in [0.4, 0.5) is 32.0 Å². The fourth-order valence-electron chi connectivity index (χ4n) is 4.41. The largest absolute Gasteiger partial charge is 0.497 e. The van der Waals surface area contributed by atoms with Crippen molar-refractivity contribution in [2.45, 2.75) is 64.0 Å². The Morgan fingerprint density at radius 1 is 1.05 bits per heavy atom. The fourth-order valence-corrected chi connectivity index (χ4v) is 4.41. The van der Waals surface area contributed by atoms with Crippen molar-refractivity contribution in [2.75, 3.05) is 18.6 Å². The van der Waals surface area contributed by atoms with E-state index in [4.69, 9.17) is 10.5 Å². The van der Waals surface area contributed by atoms with E-state index in [9.17, 15) is 40.7 Å². The standard InChI is InChI=1S/C27H29F3N4O4.C3H5F3/c1-38-19-10-8-17(9-11-19)23-20-4-2-3-5-21(20)34(15-16-6-7-16)26(37)24(32-23)33-25(36)18(14-22(31)35)12-13-27(28,29)30;1-2-3(4,5)6/h2-5,8-11,16,18,24H,6-7,12-15H2,1H3,(H2,31,35)(H,33,36);2H2,1H3. The molecule has 14 heteroatoms. The van der Waals surface area contributed by atoms with Crippen LogP contribution in [0.2, 0.25) is 0 Å². The summed E-state index contributed by atoms with van der Waals surface area (Å²) in [4.78, 5) is 44.6. The van der Waals surface area contributed by atoms with Gasteiger partial charge in [0.2, 0.25) is 18.0 Å². The Morgan fingerprint density at radius 2 is 1.66 bits per heavy atom. The number of hydrogen-bond acceptors (Lipinski definition) is 5. The van der Waals surface area contributed by atoms with E-state index in [-0.39, 0.29) is 0 Å². The predicted molar refractivity (Wildman–Crippen MR) is 151 cm³/mol. The summed E-state index contributed by atoms with van der Waals surface area (Å²) in [5.41, 5.74) is 7.60. The van der Waals surface area contributed by atoms with Crippen LogP contribution in [0.15, 0.2) is 53.5 Å². The maximum atomic E-state index is 13.8. The number of nitrogens with two attached hydrogens (primary N) is 1. The molecule has 0 saturated heterocycles. The number of benzodiazepines with no additional fused rings is 1. The molecule has 2 unspecified atom stereocenters. The van der Waals surface area contributed by atoms with E-state index >= 15 is 0 Å². The first kappa shape index (κ1) is 34.4. The third kappa shape index (κ3) is 10.3. The van der Waals surface area contributed by atoms with Crippen molar-refractivity contribution in [3.63, 3.8) is 0 Å². The molecule has 1 heterocycles. The van der Waals surface area contributed by atoms with Crippen molar-refractivity contribution in [1.29, 1.82) is 0 Å². The number of primary amides is 1. The van der Waals surface area contributed by atoms with Crippen LogP contribution in [0, 0.1) is 11.8 Å². The zero-order valence-electron chi connectivity index (χ0n) is 24.2. The van der Waals surface area contributed by atoms with Gasteiger partial charge in [-0.05, 0) is 55.5 Å². The number of para-hydroxylation sites is 1. The third-order valence-corrected chi connectivity index (χ3v) is 6.98. The lowest BCUT2D eigenvalue weighted by atomic mass is 9.97. The number of aliphatic imine (C=N–C) groups is 1. The van der Waals surface area contributed by atoms with E-state index in [1.54, 1.807) is 41.3 Å². The Morgan fingerprint density at radius 3 is 2.18 bits per heavy atom. The minimum absolute atomic E-state index is 0.306. The van der Waals surface area contributed by atoms with E-state index in [1.807, 2.05) is 12.1 Å². The number of benzene rings is 2. The number of carbonyl (C=O) groups excluding carboxylic acids is 3. The molecular formula is C30H34F6N4O4. The Hall–Kier alpha value is -4.10. The summed E-state index contributed by atoms with van der Waals surface area (Å²) in [5, 5.41) is 2.51. The van der Waals surface area contributed by atoms with Crippen LogP contribution in [0.3, 0.4) is 0 Å². The van der Waals surface area contributed by atoms with Gasteiger partial charge in [-0.1, -0.05) is 25.1 Å². The van der Waals surface area contributed by atoms with Gasteiger partial charge in [-0.15, -0.1) is 0 Å². The van der Waals surface area contributed by atoms with Gasteiger partial charge < -0.3 is 20.7 Å². The number of hydrogen-bond donors (Lipinski definition) is 2. The van der Waals surface area contributed by atoms with E-state index in [2.05, 4.69) is 10.3 Å². The minimum atomic E-state index is -4.52. The van der Waals surface area contributed by atoms with Crippen LogP contribution >= 0.6 is 0 Å². The first-order chi connectivity index (χ1) is 20.6. The van der Waals surface area contributed by atoms with E-state index in [0.717, 1.165) is 19.8 Å². The summed E-state index contributed by atoms with van der Waals surface area (Å²) < 4.78 is 76.2. The van der Waals surface area contributed by atoms with Gasteiger partial charge in [0.05, 0.1) is 18.5 Å². The molecule has 44 heavy (non-hydrogen) atoms. The lowest BCUT2D eigenvalue weighted by Gasteiger charge is -2.26. The highest BCUT2D eigenvalue weighted by Gasteiger charge is 2.38. The van der Waals surface area contributed by atoms with Gasteiger partial charge >= 0.3 is 12.4 Å². The number of halogens is 6. The molecule has 1 fully saturated rings. The molecule has 1 aliphatic heterocycles. The van der Waals surface area contributed by atoms with Crippen LogP contribution in [-0.2, 0) is 14.4 Å². The molecule has 3 amide bonds. The number of nitrogens with zero attached hydrogens (tertiary/aromatic N) is 2. The molecule has 1 saturated carbocycles. The maximum absolute atomic E-state index is 13.8. The first-order valence-corrected chi connectivity index (χ1v) is 14.0. The lowest BCUT2D eigenvalue weighted by Crippen LogP contribution is -2.49. The van der Waals surface area contributed by atoms with E-state index in [1.165, 1.54) is 7.11 Å². The molecule has 240 valence electrons. The Balaban J connectivity index is 0.000000801. The van der Waals surface area contributed by atoms with Crippen molar-refractivity contribution in [2.24, 2.45) is 22.6 Å². The molecule has 0 bridgehead atoms. The molecule has 4 rings (SSSR count).